The summed E-state index contributed by atoms with van der Waals surface area (Å²) in [6.07, 6.45) is 6.08. The minimum absolute atomic E-state index is 0.0524. The maximum atomic E-state index is 14.0. The van der Waals surface area contributed by atoms with Crippen molar-refractivity contribution in [2.75, 3.05) is 25.4 Å². The zero-order valence-corrected chi connectivity index (χ0v) is 26.9. The molecule has 5 rings (SSSR count). The van der Waals surface area contributed by atoms with E-state index >= 15 is 0 Å². The van der Waals surface area contributed by atoms with Crippen LogP contribution in [-0.2, 0) is 24.3 Å². The zero-order valence-electron chi connectivity index (χ0n) is 26.1. The van der Waals surface area contributed by atoms with Crippen molar-refractivity contribution in [1.82, 2.24) is 9.42 Å². The first-order chi connectivity index (χ1) is 20.2. The first-order valence-electron chi connectivity index (χ1n) is 15.9. The number of anilines is 1. The summed E-state index contributed by atoms with van der Waals surface area (Å²) < 4.78 is 35.4. The molecule has 43 heavy (non-hydrogen) atoms. The molecule has 3 N–H and O–H groups in total. The van der Waals surface area contributed by atoms with Crippen LogP contribution in [0.1, 0.15) is 79.1 Å². The Labute approximate surface area is 256 Å². The van der Waals surface area contributed by atoms with Crippen LogP contribution in [0, 0.1) is 34.0 Å². The van der Waals surface area contributed by atoms with Gasteiger partial charge in [0.1, 0.15) is 18.4 Å². The highest BCUT2D eigenvalue weighted by atomic mass is 32.2. The van der Waals surface area contributed by atoms with Crippen molar-refractivity contribution in [3.05, 3.63) is 36.9 Å². The van der Waals surface area contributed by atoms with Crippen molar-refractivity contribution < 1.29 is 27.9 Å². The van der Waals surface area contributed by atoms with E-state index in [2.05, 4.69) is 27.4 Å². The van der Waals surface area contributed by atoms with E-state index in [-0.39, 0.29) is 33.8 Å². The number of carbonyl (C=O) groups excluding carboxylic acids is 2. The number of carbonyl (C=O) groups is 2. The quantitative estimate of drug-likeness (QED) is 0.259. The highest BCUT2D eigenvalue weighted by Crippen LogP contribution is 2.68. The number of hydrogen-bond acceptors (Lipinski definition) is 8. The normalized spacial score (nSPS) is 38.7. The molecule has 9 nitrogen and oxygen atoms in total. The lowest BCUT2D eigenvalue weighted by Gasteiger charge is -2.61. The van der Waals surface area contributed by atoms with Gasteiger partial charge in [0.25, 0.3) is 10.0 Å². The molecule has 0 spiro atoms. The Morgan fingerprint density at radius 3 is 2.44 bits per heavy atom. The van der Waals surface area contributed by atoms with E-state index in [1.54, 1.807) is 11.1 Å². The number of ketones is 1. The van der Waals surface area contributed by atoms with E-state index in [1.807, 2.05) is 6.92 Å². The third-order valence-electron chi connectivity index (χ3n) is 11.9. The molecule has 4 aliphatic rings. The summed E-state index contributed by atoms with van der Waals surface area (Å²) >= 11 is 0. The first-order valence-corrected chi connectivity index (χ1v) is 17.3. The molecule has 1 saturated heterocycles. The number of piperidine rings is 1. The number of Topliss-reactive ketones (excluding diaryl/α,β-unsaturated/α-hetero) is 1. The molecule has 1 heterocycles. The summed E-state index contributed by atoms with van der Waals surface area (Å²) in [5.41, 5.74) is 4.44. The molecular formula is C33H49N3O6S. The Hall–Kier alpha value is -2.27. The number of hydrazine groups is 1. The van der Waals surface area contributed by atoms with Gasteiger partial charge in [0.2, 0.25) is 0 Å². The standard InChI is InChI=1S/C33H49N3O6S/c1-6-31(4)20-27(32(5)22(2)14-16-33(23(3)30(31)39)17-15-26(37)29(32)33)42-28(38)21-36(35-18-8-7-9-19-35)43(40,41)25-12-10-24(34)11-13-25/h6,10-13,22-23,27,29-30,39H,1,7-9,14-21,34H2,2-5H3/t22-,23+,27-,29?,30+,31-,32+,33+/m1/s1. The zero-order chi connectivity index (χ0) is 31.4. The topological polar surface area (TPSA) is 130 Å². The summed E-state index contributed by atoms with van der Waals surface area (Å²) in [7, 11) is -4.08. The van der Waals surface area contributed by atoms with E-state index in [0.717, 1.165) is 36.5 Å². The molecule has 0 amide bonds. The maximum absolute atomic E-state index is 14.0. The van der Waals surface area contributed by atoms with Crippen molar-refractivity contribution >= 4 is 27.5 Å². The number of ether oxygens (including phenoxy) is 1. The number of hydrogen-bond donors (Lipinski definition) is 2. The van der Waals surface area contributed by atoms with Crippen LogP contribution < -0.4 is 5.73 Å². The summed E-state index contributed by atoms with van der Waals surface area (Å²) in [6.45, 7) is 12.8. The van der Waals surface area contributed by atoms with Crippen LogP contribution >= 0.6 is 0 Å². The fourth-order valence-electron chi connectivity index (χ4n) is 9.01. The van der Waals surface area contributed by atoms with Gasteiger partial charge in [-0.2, -0.15) is 0 Å². The lowest BCUT2D eigenvalue weighted by molar-refractivity contribution is -0.207. The Balaban J connectivity index is 1.52. The average molecular weight is 616 g/mol. The Kier molecular flexibility index (Phi) is 8.66. The smallest absolute Gasteiger partial charge is 0.323 e. The molecular weight excluding hydrogens is 566 g/mol. The molecule has 1 aromatic rings. The molecule has 3 saturated carbocycles. The van der Waals surface area contributed by atoms with Gasteiger partial charge in [-0.15, -0.1) is 11.0 Å². The van der Waals surface area contributed by atoms with Gasteiger partial charge in [0.15, 0.2) is 0 Å². The fraction of sp³-hybridized carbons (Fsp3) is 0.697. The van der Waals surface area contributed by atoms with Crippen LogP contribution in [0.2, 0.25) is 0 Å². The summed E-state index contributed by atoms with van der Waals surface area (Å²) in [6, 6.07) is 5.98. The number of esters is 1. The first kappa shape index (κ1) is 32.1. The van der Waals surface area contributed by atoms with Crippen molar-refractivity contribution in [3.63, 3.8) is 0 Å². The third kappa shape index (κ3) is 5.26. The predicted molar refractivity (Wildman–Crippen MR) is 165 cm³/mol. The van der Waals surface area contributed by atoms with E-state index < -0.39 is 45.6 Å². The molecule has 238 valence electrons. The number of nitrogens with zero attached hydrogens (tertiary/aromatic N) is 2. The minimum atomic E-state index is -4.08. The van der Waals surface area contributed by atoms with Gasteiger partial charge in [-0.25, -0.2) is 13.4 Å². The molecule has 0 radical (unpaired) electrons. The summed E-state index contributed by atoms with van der Waals surface area (Å²) in [5, 5.41) is 13.5. The molecule has 1 aromatic carbocycles. The minimum Gasteiger partial charge on any atom is -0.461 e. The van der Waals surface area contributed by atoms with Crippen LogP contribution in [0.4, 0.5) is 5.69 Å². The van der Waals surface area contributed by atoms with E-state index in [9.17, 15) is 23.1 Å². The number of rotatable bonds is 7. The van der Waals surface area contributed by atoms with Gasteiger partial charge in [-0.3, -0.25) is 9.59 Å². The Bertz CT molecular complexity index is 1340. The van der Waals surface area contributed by atoms with Gasteiger partial charge >= 0.3 is 5.97 Å². The summed E-state index contributed by atoms with van der Waals surface area (Å²) in [4.78, 5) is 27.7. The van der Waals surface area contributed by atoms with Crippen LogP contribution in [0.3, 0.4) is 0 Å². The van der Waals surface area contributed by atoms with Gasteiger partial charge in [0, 0.05) is 41.9 Å². The molecule has 10 heteroatoms. The molecule has 4 fully saturated rings. The molecule has 1 aliphatic heterocycles. The number of sulfonamides is 1. The van der Waals surface area contributed by atoms with Crippen molar-refractivity contribution in [2.45, 2.75) is 96.2 Å². The SMILES string of the molecule is C=C[C@]1(C)C[C@@H](OC(=O)CN(N2CCCCC2)S(=O)(=O)c2ccc(N)cc2)[C@@]2(C)C3C(=O)CC[C@@]3(CC[C@H]2C)[C@@H](C)[C@@H]1O. The molecule has 1 unspecified atom stereocenters. The molecule has 3 aliphatic carbocycles. The van der Waals surface area contributed by atoms with Crippen molar-refractivity contribution in [1.29, 1.82) is 0 Å². The summed E-state index contributed by atoms with van der Waals surface area (Å²) in [5.74, 6) is -0.887. The second kappa shape index (κ2) is 11.6. The van der Waals surface area contributed by atoms with Crippen LogP contribution in [0.25, 0.3) is 0 Å². The van der Waals surface area contributed by atoms with Gasteiger partial charge < -0.3 is 15.6 Å². The van der Waals surface area contributed by atoms with E-state index in [4.69, 9.17) is 10.5 Å². The average Bonchev–Trinajstić information content (AvgIpc) is 3.34. The van der Waals surface area contributed by atoms with Crippen LogP contribution in [0.5, 0.6) is 0 Å². The fourth-order valence-corrected chi connectivity index (χ4v) is 10.5. The largest absolute Gasteiger partial charge is 0.461 e. The molecule has 8 atom stereocenters. The lowest BCUT2D eigenvalue weighted by Crippen LogP contribution is -2.63. The van der Waals surface area contributed by atoms with Gasteiger partial charge in [-0.05, 0) is 80.0 Å². The Morgan fingerprint density at radius 1 is 1.16 bits per heavy atom. The van der Waals surface area contributed by atoms with Crippen molar-refractivity contribution in [2.24, 2.45) is 34.0 Å². The van der Waals surface area contributed by atoms with Crippen LogP contribution in [-0.4, -0.2) is 66.5 Å². The van der Waals surface area contributed by atoms with E-state index in [0.29, 0.717) is 38.0 Å². The number of benzene rings is 1. The molecule has 0 aromatic heterocycles. The van der Waals surface area contributed by atoms with Gasteiger partial charge in [0.05, 0.1) is 11.0 Å². The highest BCUT2D eigenvalue weighted by Gasteiger charge is 2.68. The predicted octanol–water partition coefficient (Wildman–Crippen LogP) is 4.57. The van der Waals surface area contributed by atoms with E-state index in [1.165, 1.54) is 24.3 Å². The number of aliphatic hydroxyl groups is 1. The highest BCUT2D eigenvalue weighted by molar-refractivity contribution is 7.89. The number of aliphatic hydroxyl groups excluding tert-OH is 1. The maximum Gasteiger partial charge on any atom is 0.323 e. The molecule has 2 bridgehead atoms. The second-order valence-electron chi connectivity index (χ2n) is 14.1. The van der Waals surface area contributed by atoms with Crippen molar-refractivity contribution in [3.8, 4) is 0 Å². The van der Waals surface area contributed by atoms with Crippen LogP contribution in [0.15, 0.2) is 41.8 Å². The third-order valence-corrected chi connectivity index (χ3v) is 13.7. The monoisotopic (exact) mass is 615 g/mol. The second-order valence-corrected chi connectivity index (χ2v) is 16.0. The lowest BCUT2D eigenvalue weighted by atomic mass is 9.44. The Morgan fingerprint density at radius 2 is 1.81 bits per heavy atom. The number of nitrogen functional groups attached to an aromatic ring is 1. The van der Waals surface area contributed by atoms with Gasteiger partial charge in [-0.1, -0.05) is 40.2 Å². The number of nitrogens with two attached hydrogens (primary N) is 1.